The summed E-state index contributed by atoms with van der Waals surface area (Å²) in [5, 5.41) is 11.6. The van der Waals surface area contributed by atoms with Crippen molar-refractivity contribution in [2.24, 2.45) is 11.5 Å². The van der Waals surface area contributed by atoms with E-state index in [9.17, 15) is 24.0 Å². The van der Waals surface area contributed by atoms with Crippen LogP contribution in [0, 0.1) is 0 Å². The van der Waals surface area contributed by atoms with Crippen LogP contribution in [0.25, 0.3) is 0 Å². The Kier molecular flexibility index (Phi) is 6.72. The van der Waals surface area contributed by atoms with E-state index in [0.717, 1.165) is 0 Å². The summed E-state index contributed by atoms with van der Waals surface area (Å²) in [6.07, 6.45) is 1.68. The van der Waals surface area contributed by atoms with Gasteiger partial charge in [-0.1, -0.05) is 0 Å². The van der Waals surface area contributed by atoms with Crippen molar-refractivity contribution in [2.75, 3.05) is 19.6 Å². The molecule has 0 radical (unpaired) electrons. The maximum absolute atomic E-state index is 12.4. The van der Waals surface area contributed by atoms with E-state index in [2.05, 4.69) is 5.32 Å². The Morgan fingerprint density at radius 1 is 1.04 bits per heavy atom. The van der Waals surface area contributed by atoms with Gasteiger partial charge in [0, 0.05) is 13.1 Å². The smallest absolute Gasteiger partial charge is 0.326 e. The molecule has 27 heavy (non-hydrogen) atoms. The lowest BCUT2D eigenvalue weighted by Gasteiger charge is -2.27. The van der Waals surface area contributed by atoms with Crippen molar-refractivity contribution in [3.8, 4) is 0 Å². The number of amides is 4. The SMILES string of the molecule is NC(=O)C[C@H](N)C(=O)N1CCC[C@H]1C(=O)NCC(=O)N1CCC[C@H]1C(=O)O. The molecule has 2 aliphatic heterocycles. The van der Waals surface area contributed by atoms with Crippen molar-refractivity contribution in [3.05, 3.63) is 0 Å². The van der Waals surface area contributed by atoms with Crippen LogP contribution in [0.1, 0.15) is 32.1 Å². The van der Waals surface area contributed by atoms with Gasteiger partial charge in [0.15, 0.2) is 0 Å². The number of nitrogens with zero attached hydrogens (tertiary/aromatic N) is 2. The van der Waals surface area contributed by atoms with Gasteiger partial charge < -0.3 is 31.7 Å². The van der Waals surface area contributed by atoms with Gasteiger partial charge in [-0.05, 0) is 25.7 Å². The standard InChI is InChI=1S/C16H25N5O6/c17-9(7-12(18)22)15(25)21-6-1-3-10(21)14(24)19-8-13(23)20-5-2-4-11(20)16(26)27/h9-11H,1-8,17H2,(H2,18,22)(H,19,24)(H,26,27)/t9-,10-,11-/m0/s1. The normalized spacial score (nSPS) is 23.1. The first-order valence-electron chi connectivity index (χ1n) is 8.86. The molecule has 0 bridgehead atoms. The predicted octanol–water partition coefficient (Wildman–Crippen LogP) is -2.63. The zero-order valence-electron chi connectivity index (χ0n) is 14.9. The van der Waals surface area contributed by atoms with E-state index >= 15 is 0 Å². The zero-order chi connectivity index (χ0) is 20.1. The zero-order valence-corrected chi connectivity index (χ0v) is 14.9. The number of nitrogens with two attached hydrogens (primary N) is 2. The summed E-state index contributed by atoms with van der Waals surface area (Å²) in [6.45, 7) is 0.320. The second-order valence-corrected chi connectivity index (χ2v) is 6.77. The lowest BCUT2D eigenvalue weighted by Crippen LogP contribution is -2.53. The van der Waals surface area contributed by atoms with Gasteiger partial charge in [0.25, 0.3) is 0 Å². The molecule has 0 aromatic carbocycles. The van der Waals surface area contributed by atoms with Gasteiger partial charge in [-0.2, -0.15) is 0 Å². The third-order valence-electron chi connectivity index (χ3n) is 4.85. The van der Waals surface area contributed by atoms with Crippen LogP contribution in [-0.4, -0.2) is 82.3 Å². The van der Waals surface area contributed by atoms with Crippen molar-refractivity contribution in [1.29, 1.82) is 0 Å². The number of hydrogen-bond donors (Lipinski definition) is 4. The van der Waals surface area contributed by atoms with Crippen LogP contribution >= 0.6 is 0 Å². The van der Waals surface area contributed by atoms with Gasteiger partial charge >= 0.3 is 5.97 Å². The minimum Gasteiger partial charge on any atom is -0.480 e. The summed E-state index contributed by atoms with van der Waals surface area (Å²) in [5.41, 5.74) is 10.7. The average molecular weight is 383 g/mol. The summed E-state index contributed by atoms with van der Waals surface area (Å²) in [5.74, 6) is -3.30. The number of carbonyl (C=O) groups is 5. The molecule has 0 aliphatic carbocycles. The highest BCUT2D eigenvalue weighted by atomic mass is 16.4. The molecule has 11 heteroatoms. The minimum atomic E-state index is -1.11. The van der Waals surface area contributed by atoms with Gasteiger partial charge in [-0.15, -0.1) is 0 Å². The largest absolute Gasteiger partial charge is 0.480 e. The van der Waals surface area contributed by atoms with Crippen molar-refractivity contribution in [2.45, 2.75) is 50.2 Å². The molecule has 0 saturated carbocycles. The van der Waals surface area contributed by atoms with Crippen LogP contribution in [0.4, 0.5) is 0 Å². The van der Waals surface area contributed by atoms with E-state index in [1.165, 1.54) is 9.80 Å². The maximum atomic E-state index is 12.4. The number of carbonyl (C=O) groups excluding carboxylic acids is 4. The Hall–Kier alpha value is -2.69. The molecule has 2 heterocycles. The summed E-state index contributed by atoms with van der Waals surface area (Å²) >= 11 is 0. The first-order valence-corrected chi connectivity index (χ1v) is 8.86. The average Bonchev–Trinajstić information content (AvgIpc) is 3.26. The molecule has 0 unspecified atom stereocenters. The lowest BCUT2D eigenvalue weighted by molar-refractivity contribution is -0.148. The Bertz CT molecular complexity index is 639. The highest BCUT2D eigenvalue weighted by Crippen LogP contribution is 2.19. The van der Waals surface area contributed by atoms with Gasteiger partial charge in [-0.3, -0.25) is 19.2 Å². The van der Waals surface area contributed by atoms with E-state index in [1.54, 1.807) is 0 Å². The van der Waals surface area contributed by atoms with Gasteiger partial charge in [0.2, 0.25) is 23.6 Å². The Labute approximate surface area is 156 Å². The summed E-state index contributed by atoms with van der Waals surface area (Å²) in [7, 11) is 0. The molecular formula is C16H25N5O6. The number of primary amides is 1. The number of aliphatic carboxylic acids is 1. The summed E-state index contributed by atoms with van der Waals surface area (Å²) < 4.78 is 0. The molecule has 0 aromatic heterocycles. The Balaban J connectivity index is 1.90. The van der Waals surface area contributed by atoms with Crippen LogP contribution < -0.4 is 16.8 Å². The highest BCUT2D eigenvalue weighted by molar-refractivity contribution is 5.94. The van der Waals surface area contributed by atoms with Crippen LogP contribution in [0.2, 0.25) is 0 Å². The number of likely N-dealkylation sites (tertiary alicyclic amines) is 2. The van der Waals surface area contributed by atoms with Gasteiger partial charge in [-0.25, -0.2) is 4.79 Å². The van der Waals surface area contributed by atoms with Crippen molar-refractivity contribution in [3.63, 3.8) is 0 Å². The highest BCUT2D eigenvalue weighted by Gasteiger charge is 2.38. The lowest BCUT2D eigenvalue weighted by atomic mass is 10.1. The van der Waals surface area contributed by atoms with Crippen LogP contribution in [0.15, 0.2) is 0 Å². The number of hydrogen-bond acceptors (Lipinski definition) is 6. The van der Waals surface area contributed by atoms with Gasteiger partial charge in [0.1, 0.15) is 12.1 Å². The molecule has 2 fully saturated rings. The maximum Gasteiger partial charge on any atom is 0.326 e. The molecule has 11 nitrogen and oxygen atoms in total. The quantitative estimate of drug-likeness (QED) is 0.371. The fourth-order valence-electron chi connectivity index (χ4n) is 3.52. The summed E-state index contributed by atoms with van der Waals surface area (Å²) in [4.78, 5) is 61.6. The molecule has 6 N–H and O–H groups in total. The first kappa shape index (κ1) is 20.6. The Morgan fingerprint density at radius 3 is 2.22 bits per heavy atom. The number of rotatable bonds is 7. The van der Waals surface area contributed by atoms with Crippen molar-refractivity contribution in [1.82, 2.24) is 15.1 Å². The van der Waals surface area contributed by atoms with Crippen LogP contribution in [-0.2, 0) is 24.0 Å². The van der Waals surface area contributed by atoms with E-state index < -0.39 is 47.7 Å². The van der Waals surface area contributed by atoms with Crippen molar-refractivity contribution >= 4 is 29.6 Å². The molecule has 2 aliphatic rings. The van der Waals surface area contributed by atoms with Crippen LogP contribution in [0.5, 0.6) is 0 Å². The van der Waals surface area contributed by atoms with E-state index in [1.807, 2.05) is 0 Å². The fraction of sp³-hybridized carbons (Fsp3) is 0.688. The molecule has 0 aromatic rings. The van der Waals surface area contributed by atoms with Gasteiger partial charge in [0.05, 0.1) is 19.0 Å². The third-order valence-corrected chi connectivity index (χ3v) is 4.85. The molecule has 4 amide bonds. The minimum absolute atomic E-state index is 0.312. The summed E-state index contributed by atoms with van der Waals surface area (Å²) in [6, 6.07) is -2.76. The fourth-order valence-corrected chi connectivity index (χ4v) is 3.52. The number of carboxylic acids is 1. The third kappa shape index (κ3) is 4.94. The second-order valence-electron chi connectivity index (χ2n) is 6.77. The van der Waals surface area contributed by atoms with E-state index in [0.29, 0.717) is 38.8 Å². The monoisotopic (exact) mass is 383 g/mol. The van der Waals surface area contributed by atoms with Crippen LogP contribution in [0.3, 0.4) is 0 Å². The Morgan fingerprint density at radius 2 is 1.63 bits per heavy atom. The molecule has 2 rings (SSSR count). The second kappa shape index (κ2) is 8.80. The van der Waals surface area contributed by atoms with Crippen molar-refractivity contribution < 1.29 is 29.1 Å². The molecule has 150 valence electrons. The molecule has 3 atom stereocenters. The number of nitrogens with one attached hydrogen (secondary N) is 1. The predicted molar refractivity (Wildman–Crippen MR) is 91.9 cm³/mol. The van der Waals surface area contributed by atoms with E-state index in [-0.39, 0.29) is 13.0 Å². The first-order chi connectivity index (χ1) is 12.7. The molecular weight excluding hydrogens is 358 g/mol. The molecule has 0 spiro atoms. The van der Waals surface area contributed by atoms with E-state index in [4.69, 9.17) is 16.6 Å². The molecule has 2 saturated heterocycles. The topological polar surface area (TPSA) is 176 Å². The number of carboxylic acid groups (broad SMARTS) is 1.